The Labute approximate surface area is 105 Å². The summed E-state index contributed by atoms with van der Waals surface area (Å²) in [6, 6.07) is 0.739. The van der Waals surface area contributed by atoms with E-state index in [1.54, 1.807) is 4.90 Å². The van der Waals surface area contributed by atoms with Gasteiger partial charge in [0.2, 0.25) is 5.91 Å². The molecule has 1 unspecified atom stereocenters. The van der Waals surface area contributed by atoms with E-state index in [-0.39, 0.29) is 5.92 Å². The van der Waals surface area contributed by atoms with E-state index < -0.39 is 0 Å². The lowest BCUT2D eigenvalue weighted by Gasteiger charge is -2.50. The van der Waals surface area contributed by atoms with Gasteiger partial charge in [-0.15, -0.1) is 0 Å². The highest BCUT2D eigenvalue weighted by atomic mass is 16.2. The van der Waals surface area contributed by atoms with Gasteiger partial charge in [-0.3, -0.25) is 9.69 Å². The summed E-state index contributed by atoms with van der Waals surface area (Å²) in [5.74, 6) is 0.552. The van der Waals surface area contributed by atoms with Crippen molar-refractivity contribution in [3.63, 3.8) is 0 Å². The first-order chi connectivity index (χ1) is 7.89. The number of carbonyl (C=O) groups is 1. The number of amides is 1. The largest absolute Gasteiger partial charge is 0.349 e. The Kier molecular flexibility index (Phi) is 3.48. The second-order valence-electron chi connectivity index (χ2n) is 6.79. The van der Waals surface area contributed by atoms with Crippen LogP contribution in [0.25, 0.3) is 0 Å². The molecule has 0 N–H and O–H groups in total. The molecule has 2 aliphatic rings. The van der Waals surface area contributed by atoms with E-state index in [2.05, 4.69) is 18.7 Å². The highest BCUT2D eigenvalue weighted by Gasteiger charge is 2.41. The van der Waals surface area contributed by atoms with Gasteiger partial charge in [0.15, 0.2) is 0 Å². The van der Waals surface area contributed by atoms with Crippen molar-refractivity contribution in [1.29, 1.82) is 0 Å². The Morgan fingerprint density at radius 3 is 2.47 bits per heavy atom. The molecule has 0 spiro atoms. The number of nitrogens with zero attached hydrogens (tertiary/aromatic N) is 2. The maximum absolute atomic E-state index is 12.0. The Hall–Kier alpha value is -0.570. The summed E-state index contributed by atoms with van der Waals surface area (Å²) in [7, 11) is 3.74. The average molecular weight is 238 g/mol. The minimum atomic E-state index is 0.238. The lowest BCUT2D eigenvalue weighted by Crippen LogP contribution is -2.53. The van der Waals surface area contributed by atoms with E-state index in [1.807, 2.05) is 14.1 Å². The monoisotopic (exact) mass is 238 g/mol. The molecule has 3 nitrogen and oxygen atoms in total. The van der Waals surface area contributed by atoms with Crippen molar-refractivity contribution >= 4 is 5.91 Å². The molecule has 1 saturated carbocycles. The van der Waals surface area contributed by atoms with Gasteiger partial charge in [0.25, 0.3) is 0 Å². The van der Waals surface area contributed by atoms with Gasteiger partial charge in [-0.05, 0) is 37.6 Å². The van der Waals surface area contributed by atoms with Crippen LogP contribution in [0.4, 0.5) is 0 Å². The summed E-state index contributed by atoms with van der Waals surface area (Å²) in [4.78, 5) is 16.3. The summed E-state index contributed by atoms with van der Waals surface area (Å²) in [5, 5.41) is 0. The van der Waals surface area contributed by atoms with Gasteiger partial charge in [0.05, 0.1) is 5.92 Å². The molecule has 1 aliphatic carbocycles. The number of rotatable bonds is 2. The third-order valence-electron chi connectivity index (χ3n) is 4.34. The van der Waals surface area contributed by atoms with Crippen LogP contribution in [0.5, 0.6) is 0 Å². The van der Waals surface area contributed by atoms with Crippen molar-refractivity contribution < 1.29 is 4.79 Å². The molecule has 17 heavy (non-hydrogen) atoms. The molecule has 0 bridgehead atoms. The first-order valence-corrected chi connectivity index (χ1v) is 6.84. The first-order valence-electron chi connectivity index (χ1n) is 6.84. The van der Waals surface area contributed by atoms with Gasteiger partial charge in [-0.2, -0.15) is 0 Å². The lowest BCUT2D eigenvalue weighted by molar-refractivity contribution is -0.135. The molecule has 1 saturated heterocycles. The minimum absolute atomic E-state index is 0.238. The van der Waals surface area contributed by atoms with Crippen LogP contribution in [0.3, 0.4) is 0 Å². The van der Waals surface area contributed by atoms with Crippen molar-refractivity contribution in [2.24, 2.45) is 11.3 Å². The molecular weight excluding hydrogens is 212 g/mol. The zero-order valence-corrected chi connectivity index (χ0v) is 11.7. The van der Waals surface area contributed by atoms with Crippen molar-refractivity contribution in [2.75, 3.05) is 27.2 Å². The summed E-state index contributed by atoms with van der Waals surface area (Å²) < 4.78 is 0. The van der Waals surface area contributed by atoms with Crippen LogP contribution in [0.1, 0.15) is 39.5 Å². The fourth-order valence-electron chi connectivity index (χ4n) is 3.38. The summed E-state index contributed by atoms with van der Waals surface area (Å²) >= 11 is 0. The first kappa shape index (κ1) is 12.9. The van der Waals surface area contributed by atoms with Crippen LogP contribution in [-0.2, 0) is 4.79 Å². The molecular formula is C14H26N2O. The highest BCUT2D eigenvalue weighted by molar-refractivity contribution is 5.78. The summed E-state index contributed by atoms with van der Waals surface area (Å²) in [5.41, 5.74) is 0.531. The number of likely N-dealkylation sites (tertiary alicyclic amines) is 1. The van der Waals surface area contributed by atoms with Crippen LogP contribution in [0, 0.1) is 11.3 Å². The molecule has 0 aromatic carbocycles. The van der Waals surface area contributed by atoms with E-state index in [9.17, 15) is 4.79 Å². The predicted octanol–water partition coefficient (Wildman–Crippen LogP) is 1.98. The molecule has 1 aliphatic heterocycles. The van der Waals surface area contributed by atoms with Gasteiger partial charge in [0.1, 0.15) is 0 Å². The summed E-state index contributed by atoms with van der Waals surface area (Å²) in [6.07, 6.45) is 4.86. The van der Waals surface area contributed by atoms with Crippen LogP contribution in [0.2, 0.25) is 0 Å². The van der Waals surface area contributed by atoms with Gasteiger partial charge >= 0.3 is 0 Å². The van der Waals surface area contributed by atoms with E-state index in [0.717, 1.165) is 19.0 Å². The quantitative estimate of drug-likeness (QED) is 0.734. The zero-order valence-electron chi connectivity index (χ0n) is 11.7. The van der Waals surface area contributed by atoms with Crippen molar-refractivity contribution in [3.05, 3.63) is 0 Å². The smallest absolute Gasteiger partial charge is 0.226 e. The Morgan fingerprint density at radius 2 is 1.94 bits per heavy atom. The molecule has 2 rings (SSSR count). The van der Waals surface area contributed by atoms with Gasteiger partial charge < -0.3 is 4.90 Å². The Morgan fingerprint density at radius 1 is 1.29 bits per heavy atom. The number of carbonyl (C=O) groups excluding carboxylic acids is 1. The molecule has 1 atom stereocenters. The maximum Gasteiger partial charge on any atom is 0.226 e. The average Bonchev–Trinajstić information content (AvgIpc) is 2.24. The van der Waals surface area contributed by atoms with Crippen molar-refractivity contribution in [1.82, 2.24) is 9.80 Å². The van der Waals surface area contributed by atoms with Gasteiger partial charge in [-0.25, -0.2) is 0 Å². The topological polar surface area (TPSA) is 23.6 Å². The third kappa shape index (κ3) is 2.82. The third-order valence-corrected chi connectivity index (χ3v) is 4.34. The molecule has 1 heterocycles. The fraction of sp³-hybridized carbons (Fsp3) is 0.929. The number of piperidine rings is 1. The minimum Gasteiger partial charge on any atom is -0.349 e. The molecule has 0 aromatic heterocycles. The Bertz CT molecular complexity index is 291. The van der Waals surface area contributed by atoms with Crippen LogP contribution in [-0.4, -0.2) is 48.9 Å². The molecule has 2 fully saturated rings. The van der Waals surface area contributed by atoms with Gasteiger partial charge in [0, 0.05) is 26.7 Å². The molecule has 0 radical (unpaired) electrons. The van der Waals surface area contributed by atoms with Crippen LogP contribution < -0.4 is 0 Å². The molecule has 3 heteroatoms. The molecule has 1 amide bonds. The fourth-order valence-corrected chi connectivity index (χ4v) is 3.38. The summed E-state index contributed by atoms with van der Waals surface area (Å²) in [6.45, 7) is 6.86. The Balaban J connectivity index is 1.88. The van der Waals surface area contributed by atoms with E-state index in [0.29, 0.717) is 11.3 Å². The van der Waals surface area contributed by atoms with E-state index in [4.69, 9.17) is 0 Å². The molecule has 98 valence electrons. The highest BCUT2D eigenvalue weighted by Crippen LogP contribution is 2.43. The van der Waals surface area contributed by atoms with Crippen molar-refractivity contribution in [2.45, 2.75) is 45.6 Å². The number of hydrogen-bond donors (Lipinski definition) is 0. The van der Waals surface area contributed by atoms with Crippen LogP contribution in [0.15, 0.2) is 0 Å². The maximum atomic E-state index is 12.0. The predicted molar refractivity (Wildman–Crippen MR) is 69.8 cm³/mol. The van der Waals surface area contributed by atoms with E-state index in [1.165, 1.54) is 25.8 Å². The van der Waals surface area contributed by atoms with Crippen molar-refractivity contribution in [3.8, 4) is 0 Å². The normalized spacial score (nSPS) is 29.8. The van der Waals surface area contributed by atoms with Gasteiger partial charge in [-0.1, -0.05) is 13.8 Å². The second kappa shape index (κ2) is 4.60. The van der Waals surface area contributed by atoms with E-state index >= 15 is 0 Å². The lowest BCUT2D eigenvalue weighted by atomic mass is 9.67. The zero-order chi connectivity index (χ0) is 12.6. The van der Waals surface area contributed by atoms with Crippen LogP contribution >= 0.6 is 0 Å². The SMILES string of the molecule is CN(C)C(=O)C1CCCN(C2CC(C)(C)C2)C1. The number of hydrogen-bond acceptors (Lipinski definition) is 2. The standard InChI is InChI=1S/C14H26N2O/c1-14(2)8-12(9-14)16-7-5-6-11(10-16)13(17)15(3)4/h11-12H,5-10H2,1-4H3. The molecule has 0 aromatic rings. The second-order valence-corrected chi connectivity index (χ2v) is 6.79.